The minimum atomic E-state index is -0.318. The molecule has 174 valence electrons. The molecule has 0 amide bonds. The third-order valence-electron chi connectivity index (χ3n) is 6.40. The molecule has 0 saturated carbocycles. The summed E-state index contributed by atoms with van der Waals surface area (Å²) in [6.45, 7) is 7.66. The Hall–Kier alpha value is -2.75. The second-order valence-electron chi connectivity index (χ2n) is 8.77. The number of nitrogens with zero attached hydrogens (tertiary/aromatic N) is 4. The van der Waals surface area contributed by atoms with Gasteiger partial charge in [-0.1, -0.05) is 11.6 Å². The van der Waals surface area contributed by atoms with Gasteiger partial charge in [-0.15, -0.1) is 0 Å². The van der Waals surface area contributed by atoms with Crippen molar-refractivity contribution < 1.29 is 9.13 Å². The number of benzene rings is 1. The van der Waals surface area contributed by atoms with E-state index in [-0.39, 0.29) is 11.8 Å². The van der Waals surface area contributed by atoms with Crippen LogP contribution in [-0.4, -0.2) is 57.4 Å². The second-order valence-corrected chi connectivity index (χ2v) is 9.17. The van der Waals surface area contributed by atoms with E-state index < -0.39 is 0 Å². The van der Waals surface area contributed by atoms with Gasteiger partial charge >= 0.3 is 0 Å². The summed E-state index contributed by atoms with van der Waals surface area (Å²) in [6, 6.07) is 5.88. The maximum atomic E-state index is 15.1. The number of hydrogen-bond acceptors (Lipinski definition) is 7. The molecule has 0 spiro atoms. The van der Waals surface area contributed by atoms with Crippen molar-refractivity contribution in [2.24, 2.45) is 0 Å². The first kappa shape index (κ1) is 22.1. The molecule has 5 rings (SSSR count). The maximum absolute atomic E-state index is 15.1. The van der Waals surface area contributed by atoms with Crippen molar-refractivity contribution in [3.8, 4) is 0 Å². The quantitative estimate of drug-likeness (QED) is 0.481. The van der Waals surface area contributed by atoms with Gasteiger partial charge in [-0.2, -0.15) is 10.1 Å². The fourth-order valence-electron chi connectivity index (χ4n) is 4.48. The number of anilines is 4. The van der Waals surface area contributed by atoms with Gasteiger partial charge in [0.25, 0.3) is 0 Å². The van der Waals surface area contributed by atoms with E-state index >= 15 is 4.39 Å². The topological polar surface area (TPSA) is 91.0 Å². The van der Waals surface area contributed by atoms with Crippen LogP contribution in [0.15, 0.2) is 24.4 Å². The van der Waals surface area contributed by atoms with Crippen molar-refractivity contribution in [1.29, 1.82) is 0 Å². The number of piperidine rings is 1. The Morgan fingerprint density at radius 3 is 2.61 bits per heavy atom. The minimum absolute atomic E-state index is 0.247. The van der Waals surface area contributed by atoms with E-state index in [4.69, 9.17) is 16.3 Å². The lowest BCUT2D eigenvalue weighted by Gasteiger charge is -2.41. The van der Waals surface area contributed by atoms with Crippen molar-refractivity contribution in [2.45, 2.75) is 38.6 Å². The Balaban J connectivity index is 1.29. The summed E-state index contributed by atoms with van der Waals surface area (Å²) in [7, 11) is 0. The highest BCUT2D eigenvalue weighted by molar-refractivity contribution is 6.32. The monoisotopic (exact) mass is 471 g/mol. The van der Waals surface area contributed by atoms with E-state index in [2.05, 4.69) is 35.7 Å². The third kappa shape index (κ3) is 4.80. The van der Waals surface area contributed by atoms with Crippen LogP contribution in [0, 0.1) is 19.7 Å². The van der Waals surface area contributed by atoms with Gasteiger partial charge in [-0.3, -0.25) is 10.00 Å². The molecule has 2 saturated heterocycles. The number of H-pyrrole nitrogens is 1. The number of rotatable bonds is 6. The van der Waals surface area contributed by atoms with E-state index in [0.29, 0.717) is 34.3 Å². The lowest BCUT2D eigenvalue weighted by Crippen LogP contribution is -2.51. The van der Waals surface area contributed by atoms with E-state index in [9.17, 15) is 0 Å². The molecule has 3 aromatic rings. The molecular formula is C23H27ClFN7O. The average Bonchev–Trinajstić information content (AvgIpc) is 3.17. The molecule has 1 aromatic carbocycles. The number of aromatic amines is 1. The summed E-state index contributed by atoms with van der Waals surface area (Å²) >= 11 is 6.22. The second kappa shape index (κ2) is 9.24. The van der Waals surface area contributed by atoms with Crippen molar-refractivity contribution in [1.82, 2.24) is 25.1 Å². The predicted octanol–water partition coefficient (Wildman–Crippen LogP) is 4.67. The Morgan fingerprint density at radius 1 is 1.15 bits per heavy atom. The number of nitrogens with one attached hydrogen (secondary N) is 3. The van der Waals surface area contributed by atoms with Gasteiger partial charge in [-0.05, 0) is 69.0 Å². The van der Waals surface area contributed by atoms with E-state index in [1.54, 1.807) is 6.07 Å². The normalized spacial score (nSPS) is 17.7. The summed E-state index contributed by atoms with van der Waals surface area (Å²) in [5.74, 6) is 1.27. The summed E-state index contributed by atoms with van der Waals surface area (Å²) in [5, 5.41) is 13.4. The number of aryl methyl sites for hydroxylation is 2. The highest BCUT2D eigenvalue weighted by Crippen LogP contribution is 2.34. The zero-order valence-electron chi connectivity index (χ0n) is 18.7. The molecule has 2 aliphatic rings. The van der Waals surface area contributed by atoms with Crippen molar-refractivity contribution in [3.63, 3.8) is 0 Å². The predicted molar refractivity (Wildman–Crippen MR) is 126 cm³/mol. The number of hydrogen-bond donors (Lipinski definition) is 3. The number of aromatic nitrogens is 4. The SMILES string of the molecule is Cc1cc(Nc2nc(Nc3cc(C)c(C4CCN(C5COC5)CC4)cc3F)ncc2Cl)n[nH]1. The molecular weight excluding hydrogens is 445 g/mol. The van der Waals surface area contributed by atoms with E-state index in [0.717, 1.165) is 56.0 Å². The summed E-state index contributed by atoms with van der Waals surface area (Å²) < 4.78 is 20.4. The zero-order valence-corrected chi connectivity index (χ0v) is 19.4. The smallest absolute Gasteiger partial charge is 0.229 e. The number of ether oxygens (including phenoxy) is 1. The largest absolute Gasteiger partial charge is 0.378 e. The van der Waals surface area contributed by atoms with Crippen molar-refractivity contribution in [2.75, 3.05) is 36.9 Å². The summed E-state index contributed by atoms with van der Waals surface area (Å²) in [4.78, 5) is 11.1. The molecule has 0 aliphatic carbocycles. The molecule has 8 nitrogen and oxygen atoms in total. The van der Waals surface area contributed by atoms with Crippen LogP contribution in [0.1, 0.15) is 35.6 Å². The first-order valence-corrected chi connectivity index (χ1v) is 11.5. The van der Waals surface area contributed by atoms with Gasteiger partial charge < -0.3 is 15.4 Å². The van der Waals surface area contributed by atoms with Crippen LogP contribution in [0.2, 0.25) is 5.02 Å². The molecule has 33 heavy (non-hydrogen) atoms. The summed E-state index contributed by atoms with van der Waals surface area (Å²) in [5.41, 5.74) is 3.38. The standard InChI is InChI=1S/C23H27ClFN7O/c1-13-7-20(19(25)9-17(13)15-3-5-32(6-4-15)16-11-33-12-16)27-23-26-10-18(24)22(29-23)28-21-8-14(2)30-31-21/h7-10,15-16H,3-6,11-12H2,1-2H3,(H3,26,27,28,29,30,31). The Kier molecular flexibility index (Phi) is 6.18. The highest BCUT2D eigenvalue weighted by atomic mass is 35.5. The van der Waals surface area contributed by atoms with Crippen LogP contribution < -0.4 is 10.6 Å². The molecule has 0 atom stereocenters. The first-order valence-electron chi connectivity index (χ1n) is 11.2. The minimum Gasteiger partial charge on any atom is -0.378 e. The highest BCUT2D eigenvalue weighted by Gasteiger charge is 2.30. The van der Waals surface area contributed by atoms with Gasteiger partial charge in [0.1, 0.15) is 10.8 Å². The maximum Gasteiger partial charge on any atom is 0.229 e. The molecule has 0 unspecified atom stereocenters. The molecule has 2 aromatic heterocycles. The van der Waals surface area contributed by atoms with Crippen LogP contribution >= 0.6 is 11.6 Å². The molecule has 3 N–H and O–H groups in total. The number of likely N-dealkylation sites (tertiary alicyclic amines) is 1. The van der Waals surface area contributed by atoms with Gasteiger partial charge in [0.2, 0.25) is 5.95 Å². The van der Waals surface area contributed by atoms with Crippen LogP contribution in [0.5, 0.6) is 0 Å². The van der Waals surface area contributed by atoms with Crippen LogP contribution in [0.25, 0.3) is 0 Å². The Morgan fingerprint density at radius 2 is 1.94 bits per heavy atom. The fourth-order valence-corrected chi connectivity index (χ4v) is 4.62. The molecule has 2 fully saturated rings. The average molecular weight is 472 g/mol. The lowest BCUT2D eigenvalue weighted by atomic mass is 9.86. The molecule has 10 heteroatoms. The Labute approximate surface area is 196 Å². The first-order chi connectivity index (χ1) is 16.0. The van der Waals surface area contributed by atoms with Gasteiger partial charge in [0.15, 0.2) is 11.6 Å². The van der Waals surface area contributed by atoms with Crippen molar-refractivity contribution >= 4 is 34.9 Å². The van der Waals surface area contributed by atoms with Crippen LogP contribution in [0.4, 0.5) is 27.7 Å². The molecule has 4 heterocycles. The molecule has 0 radical (unpaired) electrons. The molecule has 2 aliphatic heterocycles. The van der Waals surface area contributed by atoms with E-state index in [1.165, 1.54) is 6.20 Å². The van der Waals surface area contributed by atoms with Crippen LogP contribution in [0.3, 0.4) is 0 Å². The van der Waals surface area contributed by atoms with Crippen LogP contribution in [-0.2, 0) is 4.74 Å². The van der Waals surface area contributed by atoms with Gasteiger partial charge in [0, 0.05) is 11.8 Å². The fraction of sp³-hybridized carbons (Fsp3) is 0.435. The van der Waals surface area contributed by atoms with Crippen molar-refractivity contribution in [3.05, 3.63) is 52.1 Å². The number of halogens is 2. The van der Waals surface area contributed by atoms with E-state index in [1.807, 2.05) is 26.0 Å². The Bertz CT molecular complexity index is 1140. The van der Waals surface area contributed by atoms with Gasteiger partial charge in [-0.25, -0.2) is 9.37 Å². The molecule has 0 bridgehead atoms. The zero-order chi connectivity index (χ0) is 22.9. The third-order valence-corrected chi connectivity index (χ3v) is 6.68. The summed E-state index contributed by atoms with van der Waals surface area (Å²) in [6.07, 6.45) is 3.54. The lowest BCUT2D eigenvalue weighted by molar-refractivity contribution is -0.0712. The van der Waals surface area contributed by atoms with Gasteiger partial charge in [0.05, 0.1) is 31.1 Å².